The van der Waals surface area contributed by atoms with E-state index in [-0.39, 0.29) is 11.7 Å². The molecule has 166 valence electrons. The van der Waals surface area contributed by atoms with Crippen LogP contribution in [0.4, 0.5) is 15.8 Å². The van der Waals surface area contributed by atoms with E-state index in [2.05, 4.69) is 15.1 Å². The molecule has 0 bridgehead atoms. The molecule has 2 fully saturated rings. The quantitative estimate of drug-likeness (QED) is 0.644. The van der Waals surface area contributed by atoms with Gasteiger partial charge in [-0.05, 0) is 54.8 Å². The van der Waals surface area contributed by atoms with Gasteiger partial charge in [0.25, 0.3) is 0 Å². The summed E-state index contributed by atoms with van der Waals surface area (Å²) < 4.78 is 18.5. The van der Waals surface area contributed by atoms with Gasteiger partial charge in [-0.3, -0.25) is 9.69 Å². The molecular formula is C24H30FN3O3. The maximum atomic E-state index is 13.1. The third-order valence-corrected chi connectivity index (χ3v) is 5.88. The Kier molecular flexibility index (Phi) is 7.17. The highest BCUT2D eigenvalue weighted by molar-refractivity contribution is 5.91. The predicted octanol–water partition coefficient (Wildman–Crippen LogP) is 3.19. The minimum atomic E-state index is -0.697. The van der Waals surface area contributed by atoms with E-state index in [0.717, 1.165) is 50.5 Å². The summed E-state index contributed by atoms with van der Waals surface area (Å²) in [5, 5.41) is 13.5. The van der Waals surface area contributed by atoms with Crippen LogP contribution in [0.5, 0.6) is 0 Å². The largest absolute Gasteiger partial charge is 0.387 e. The van der Waals surface area contributed by atoms with Crippen LogP contribution in [0.15, 0.2) is 48.5 Å². The molecule has 1 aliphatic heterocycles. The first-order chi connectivity index (χ1) is 15.1. The number of benzene rings is 2. The number of ether oxygens (including phenoxy) is 1. The molecule has 4 rings (SSSR count). The zero-order chi connectivity index (χ0) is 21.6. The Morgan fingerprint density at radius 1 is 1.13 bits per heavy atom. The van der Waals surface area contributed by atoms with Crippen LogP contribution in [0, 0.1) is 5.82 Å². The number of rotatable bonds is 9. The molecule has 31 heavy (non-hydrogen) atoms. The van der Waals surface area contributed by atoms with Gasteiger partial charge in [0.1, 0.15) is 5.82 Å². The molecule has 7 heteroatoms. The lowest BCUT2D eigenvalue weighted by atomic mass is 10.1. The number of aliphatic hydroxyl groups is 1. The van der Waals surface area contributed by atoms with Crippen molar-refractivity contribution in [2.45, 2.75) is 31.4 Å². The average molecular weight is 428 g/mol. The van der Waals surface area contributed by atoms with E-state index in [1.807, 2.05) is 24.3 Å². The molecule has 1 heterocycles. The normalized spacial score (nSPS) is 17.6. The molecule has 1 amide bonds. The second-order valence-electron chi connectivity index (χ2n) is 8.24. The first kappa shape index (κ1) is 21.7. The van der Waals surface area contributed by atoms with Gasteiger partial charge in [0, 0.05) is 50.0 Å². The molecule has 1 saturated heterocycles. The maximum absolute atomic E-state index is 13.1. The van der Waals surface area contributed by atoms with Gasteiger partial charge in [-0.25, -0.2) is 4.39 Å². The molecule has 1 atom stereocenters. The zero-order valence-corrected chi connectivity index (χ0v) is 17.7. The molecule has 1 aliphatic carbocycles. The Morgan fingerprint density at radius 2 is 1.81 bits per heavy atom. The fourth-order valence-corrected chi connectivity index (χ4v) is 3.92. The van der Waals surface area contributed by atoms with E-state index in [0.29, 0.717) is 31.1 Å². The van der Waals surface area contributed by atoms with Gasteiger partial charge in [-0.1, -0.05) is 12.1 Å². The molecule has 2 N–H and O–H groups in total. The summed E-state index contributed by atoms with van der Waals surface area (Å²) in [4.78, 5) is 16.9. The van der Waals surface area contributed by atoms with Gasteiger partial charge >= 0.3 is 0 Å². The summed E-state index contributed by atoms with van der Waals surface area (Å²) in [5.41, 5.74) is 2.61. The summed E-state index contributed by atoms with van der Waals surface area (Å²) in [5.74, 6) is -0.356. The highest BCUT2D eigenvalue weighted by Crippen LogP contribution is 2.29. The number of halogens is 1. The fourth-order valence-electron chi connectivity index (χ4n) is 3.92. The lowest BCUT2D eigenvalue weighted by Crippen LogP contribution is -2.36. The van der Waals surface area contributed by atoms with E-state index in [9.17, 15) is 14.3 Å². The Labute approximate surface area is 182 Å². The van der Waals surface area contributed by atoms with Gasteiger partial charge < -0.3 is 20.1 Å². The highest BCUT2D eigenvalue weighted by Gasteiger charge is 2.30. The number of hydrogen-bond acceptors (Lipinski definition) is 5. The molecule has 6 nitrogen and oxygen atoms in total. The van der Waals surface area contributed by atoms with Crippen molar-refractivity contribution < 1.29 is 19.0 Å². The van der Waals surface area contributed by atoms with Crippen LogP contribution in [0.1, 0.15) is 30.9 Å². The van der Waals surface area contributed by atoms with Crippen LogP contribution in [-0.2, 0) is 9.53 Å². The van der Waals surface area contributed by atoms with E-state index < -0.39 is 6.10 Å². The molecule has 0 spiro atoms. The third-order valence-electron chi connectivity index (χ3n) is 5.88. The Hall–Kier alpha value is -2.48. The molecule has 0 radical (unpaired) electrons. The summed E-state index contributed by atoms with van der Waals surface area (Å²) in [6.07, 6.45) is 1.83. The van der Waals surface area contributed by atoms with Crippen molar-refractivity contribution in [1.82, 2.24) is 4.90 Å². The number of morpholine rings is 1. The van der Waals surface area contributed by atoms with Crippen LogP contribution in [0.2, 0.25) is 0 Å². The van der Waals surface area contributed by atoms with E-state index in [1.165, 1.54) is 12.1 Å². The lowest BCUT2D eigenvalue weighted by Gasteiger charge is -2.29. The Bertz CT molecular complexity index is 849. The topological polar surface area (TPSA) is 65.0 Å². The molecule has 2 aromatic rings. The zero-order valence-electron chi connectivity index (χ0n) is 17.7. The average Bonchev–Trinajstić information content (AvgIpc) is 3.63. The molecular weight excluding hydrogens is 397 g/mol. The summed E-state index contributed by atoms with van der Waals surface area (Å²) in [6, 6.07) is 14.3. The number of amides is 1. The number of nitrogens with zero attached hydrogens (tertiary/aromatic N) is 2. The first-order valence-corrected chi connectivity index (χ1v) is 11.0. The summed E-state index contributed by atoms with van der Waals surface area (Å²) in [6.45, 7) is 4.27. The number of carbonyl (C=O) groups excluding carboxylic acids is 1. The molecule has 0 aromatic heterocycles. The van der Waals surface area contributed by atoms with Crippen molar-refractivity contribution in [2.24, 2.45) is 0 Å². The molecule has 2 aliphatic rings. The fraction of sp³-hybridized carbons (Fsp3) is 0.458. The number of hydrogen-bond donors (Lipinski definition) is 2. The van der Waals surface area contributed by atoms with Gasteiger partial charge in [-0.15, -0.1) is 0 Å². The predicted molar refractivity (Wildman–Crippen MR) is 119 cm³/mol. The monoisotopic (exact) mass is 427 g/mol. The Morgan fingerprint density at radius 3 is 2.45 bits per heavy atom. The van der Waals surface area contributed by atoms with Gasteiger partial charge in [-0.2, -0.15) is 0 Å². The summed E-state index contributed by atoms with van der Waals surface area (Å²) >= 11 is 0. The SMILES string of the molecule is O=C(CCN(CC(O)c1ccc(F)cc1)C1CC1)Nc1ccc(N2CCOCC2)cc1. The van der Waals surface area contributed by atoms with Gasteiger partial charge in [0.05, 0.1) is 19.3 Å². The number of carbonyl (C=O) groups is 1. The van der Waals surface area contributed by atoms with Crippen LogP contribution >= 0.6 is 0 Å². The van der Waals surface area contributed by atoms with Gasteiger partial charge in [0.15, 0.2) is 0 Å². The minimum Gasteiger partial charge on any atom is -0.387 e. The molecule has 2 aromatic carbocycles. The van der Waals surface area contributed by atoms with Gasteiger partial charge in [0.2, 0.25) is 5.91 Å². The number of nitrogens with one attached hydrogen (secondary N) is 1. The van der Waals surface area contributed by atoms with Crippen molar-refractivity contribution in [3.05, 3.63) is 59.9 Å². The smallest absolute Gasteiger partial charge is 0.225 e. The molecule has 1 saturated carbocycles. The highest BCUT2D eigenvalue weighted by atomic mass is 19.1. The lowest BCUT2D eigenvalue weighted by molar-refractivity contribution is -0.116. The van der Waals surface area contributed by atoms with Crippen molar-refractivity contribution in [3.63, 3.8) is 0 Å². The number of aliphatic hydroxyl groups excluding tert-OH is 1. The van der Waals surface area contributed by atoms with Crippen LogP contribution in [0.3, 0.4) is 0 Å². The standard InChI is InChI=1S/C24H30FN3O3/c25-19-3-1-18(2-4-19)23(29)17-28(22-9-10-22)12-11-24(30)26-20-5-7-21(8-6-20)27-13-15-31-16-14-27/h1-8,22-23,29H,9-17H2,(H,26,30). The van der Waals surface area contributed by atoms with Crippen molar-refractivity contribution in [1.29, 1.82) is 0 Å². The maximum Gasteiger partial charge on any atom is 0.225 e. The van der Waals surface area contributed by atoms with Crippen molar-refractivity contribution in [2.75, 3.05) is 49.6 Å². The van der Waals surface area contributed by atoms with Crippen LogP contribution in [-0.4, -0.2) is 61.3 Å². The number of anilines is 2. The molecule has 1 unspecified atom stereocenters. The van der Waals surface area contributed by atoms with Crippen LogP contribution < -0.4 is 10.2 Å². The summed E-state index contributed by atoms with van der Waals surface area (Å²) in [7, 11) is 0. The van der Waals surface area contributed by atoms with Crippen molar-refractivity contribution in [3.8, 4) is 0 Å². The second kappa shape index (κ2) is 10.2. The van der Waals surface area contributed by atoms with E-state index in [1.54, 1.807) is 12.1 Å². The first-order valence-electron chi connectivity index (χ1n) is 11.0. The van der Waals surface area contributed by atoms with Crippen LogP contribution in [0.25, 0.3) is 0 Å². The van der Waals surface area contributed by atoms with Crippen molar-refractivity contribution >= 4 is 17.3 Å². The Balaban J connectivity index is 1.26. The minimum absolute atomic E-state index is 0.0407. The third kappa shape index (κ3) is 6.26. The van der Waals surface area contributed by atoms with E-state index in [4.69, 9.17) is 4.74 Å². The second-order valence-corrected chi connectivity index (χ2v) is 8.24. The van der Waals surface area contributed by atoms with E-state index >= 15 is 0 Å².